The van der Waals surface area contributed by atoms with E-state index in [4.69, 9.17) is 9.47 Å². The number of methoxy groups -OCH3 is 1. The molecule has 0 unspecified atom stereocenters. The molecule has 1 atom stereocenters. The lowest BCUT2D eigenvalue weighted by molar-refractivity contribution is 0.0342. The first kappa shape index (κ1) is 19.4. The standard InChI is InChI=1S/C22H28N2O3/c1-16-4-9-21(26-3)20(14-16)17(2)23-22(25)19-7-5-18(6-8-19)15-24-10-12-27-13-11-24/h4-9,14,17H,10-13,15H2,1-3H3,(H,23,25)/t17-/m1/s1. The summed E-state index contributed by atoms with van der Waals surface area (Å²) in [4.78, 5) is 15.0. The highest BCUT2D eigenvalue weighted by molar-refractivity contribution is 5.94. The number of carbonyl (C=O) groups excluding carboxylic acids is 1. The van der Waals surface area contributed by atoms with Gasteiger partial charge in [0.05, 0.1) is 26.4 Å². The van der Waals surface area contributed by atoms with E-state index >= 15 is 0 Å². The number of hydrogen-bond donors (Lipinski definition) is 1. The molecule has 2 aromatic rings. The summed E-state index contributed by atoms with van der Waals surface area (Å²) in [6, 6.07) is 13.7. The summed E-state index contributed by atoms with van der Waals surface area (Å²) in [5.41, 5.74) is 4.00. The molecule has 1 aliphatic rings. The van der Waals surface area contributed by atoms with Crippen LogP contribution in [0.4, 0.5) is 0 Å². The van der Waals surface area contributed by atoms with E-state index in [1.807, 2.05) is 50.2 Å². The van der Waals surface area contributed by atoms with E-state index in [1.54, 1.807) is 7.11 Å². The van der Waals surface area contributed by atoms with Gasteiger partial charge in [0, 0.05) is 30.8 Å². The summed E-state index contributed by atoms with van der Waals surface area (Å²) in [6.07, 6.45) is 0. The van der Waals surface area contributed by atoms with Crippen molar-refractivity contribution in [3.63, 3.8) is 0 Å². The summed E-state index contributed by atoms with van der Waals surface area (Å²) >= 11 is 0. The summed E-state index contributed by atoms with van der Waals surface area (Å²) in [5.74, 6) is 0.707. The number of benzene rings is 2. The van der Waals surface area contributed by atoms with Crippen LogP contribution in [0.1, 0.15) is 40.0 Å². The molecule has 0 radical (unpaired) electrons. The molecule has 27 heavy (non-hydrogen) atoms. The molecule has 1 saturated heterocycles. The average molecular weight is 368 g/mol. The first-order valence-electron chi connectivity index (χ1n) is 9.41. The van der Waals surface area contributed by atoms with Gasteiger partial charge in [0.25, 0.3) is 5.91 Å². The molecule has 1 amide bonds. The van der Waals surface area contributed by atoms with Crippen molar-refractivity contribution >= 4 is 5.91 Å². The molecule has 0 aliphatic carbocycles. The van der Waals surface area contributed by atoms with Crippen LogP contribution in [0.25, 0.3) is 0 Å². The number of ether oxygens (including phenoxy) is 2. The van der Waals surface area contributed by atoms with Gasteiger partial charge in [-0.25, -0.2) is 0 Å². The molecule has 0 saturated carbocycles. The number of nitrogens with one attached hydrogen (secondary N) is 1. The van der Waals surface area contributed by atoms with E-state index in [0.29, 0.717) is 5.56 Å². The molecule has 1 heterocycles. The summed E-state index contributed by atoms with van der Waals surface area (Å²) < 4.78 is 10.8. The van der Waals surface area contributed by atoms with E-state index in [-0.39, 0.29) is 11.9 Å². The largest absolute Gasteiger partial charge is 0.496 e. The van der Waals surface area contributed by atoms with Crippen molar-refractivity contribution < 1.29 is 14.3 Å². The highest BCUT2D eigenvalue weighted by Gasteiger charge is 2.16. The highest BCUT2D eigenvalue weighted by Crippen LogP contribution is 2.26. The van der Waals surface area contributed by atoms with Crippen LogP contribution in [-0.4, -0.2) is 44.2 Å². The molecule has 5 heteroatoms. The number of carbonyl (C=O) groups is 1. The molecule has 0 aromatic heterocycles. The zero-order valence-corrected chi connectivity index (χ0v) is 16.3. The predicted molar refractivity (Wildman–Crippen MR) is 106 cm³/mol. The lowest BCUT2D eigenvalue weighted by atomic mass is 10.0. The second-order valence-electron chi connectivity index (χ2n) is 7.03. The van der Waals surface area contributed by atoms with Crippen LogP contribution in [0.3, 0.4) is 0 Å². The number of hydrogen-bond acceptors (Lipinski definition) is 4. The van der Waals surface area contributed by atoms with E-state index in [2.05, 4.69) is 16.3 Å². The highest BCUT2D eigenvalue weighted by atomic mass is 16.5. The van der Waals surface area contributed by atoms with Crippen LogP contribution >= 0.6 is 0 Å². The summed E-state index contributed by atoms with van der Waals surface area (Å²) in [6.45, 7) is 8.40. The minimum Gasteiger partial charge on any atom is -0.496 e. The number of nitrogens with zero attached hydrogens (tertiary/aromatic N) is 1. The molecule has 144 valence electrons. The number of rotatable bonds is 6. The van der Waals surface area contributed by atoms with Gasteiger partial charge in [0.2, 0.25) is 0 Å². The Labute approximate surface area is 161 Å². The molecule has 0 bridgehead atoms. The molecule has 1 fully saturated rings. The number of aryl methyl sites for hydroxylation is 1. The Kier molecular flexibility index (Phi) is 6.48. The minimum absolute atomic E-state index is 0.0796. The lowest BCUT2D eigenvalue weighted by Gasteiger charge is -2.26. The Balaban J connectivity index is 1.63. The van der Waals surface area contributed by atoms with Crippen molar-refractivity contribution in [3.8, 4) is 5.75 Å². The van der Waals surface area contributed by atoms with Crippen LogP contribution in [-0.2, 0) is 11.3 Å². The fourth-order valence-corrected chi connectivity index (χ4v) is 3.33. The lowest BCUT2D eigenvalue weighted by Crippen LogP contribution is -2.35. The maximum Gasteiger partial charge on any atom is 0.251 e. The smallest absolute Gasteiger partial charge is 0.251 e. The molecular weight excluding hydrogens is 340 g/mol. The third kappa shape index (κ3) is 5.08. The molecule has 5 nitrogen and oxygen atoms in total. The Bertz CT molecular complexity index is 768. The first-order chi connectivity index (χ1) is 13.1. The van der Waals surface area contributed by atoms with Gasteiger partial charge in [-0.15, -0.1) is 0 Å². The van der Waals surface area contributed by atoms with E-state index in [9.17, 15) is 4.79 Å². The average Bonchev–Trinajstić information content (AvgIpc) is 2.69. The fraction of sp³-hybridized carbons (Fsp3) is 0.409. The van der Waals surface area contributed by atoms with Gasteiger partial charge < -0.3 is 14.8 Å². The van der Waals surface area contributed by atoms with E-state index in [0.717, 1.165) is 49.7 Å². The third-order valence-electron chi connectivity index (χ3n) is 4.93. The zero-order valence-electron chi connectivity index (χ0n) is 16.3. The Morgan fingerprint density at radius 3 is 2.56 bits per heavy atom. The zero-order chi connectivity index (χ0) is 19.2. The molecule has 1 N–H and O–H groups in total. The van der Waals surface area contributed by atoms with Gasteiger partial charge in [0.15, 0.2) is 0 Å². The second-order valence-corrected chi connectivity index (χ2v) is 7.03. The molecule has 1 aliphatic heterocycles. The maximum absolute atomic E-state index is 12.6. The number of morpholine rings is 1. The SMILES string of the molecule is COc1ccc(C)cc1[C@@H](C)NC(=O)c1ccc(CN2CCOCC2)cc1. The Hall–Kier alpha value is -2.37. The van der Waals surface area contributed by atoms with Crippen molar-refractivity contribution in [2.45, 2.75) is 26.4 Å². The monoisotopic (exact) mass is 368 g/mol. The van der Waals surface area contributed by atoms with E-state index < -0.39 is 0 Å². The molecule has 0 spiro atoms. The van der Waals surface area contributed by atoms with Crippen LogP contribution < -0.4 is 10.1 Å². The van der Waals surface area contributed by atoms with Crippen molar-refractivity contribution in [2.24, 2.45) is 0 Å². The van der Waals surface area contributed by atoms with Crippen molar-refractivity contribution in [1.29, 1.82) is 0 Å². The van der Waals surface area contributed by atoms with Gasteiger partial charge in [-0.2, -0.15) is 0 Å². The quantitative estimate of drug-likeness (QED) is 0.850. The first-order valence-corrected chi connectivity index (χ1v) is 9.41. The molecular formula is C22H28N2O3. The summed E-state index contributed by atoms with van der Waals surface area (Å²) in [5, 5.41) is 3.07. The van der Waals surface area contributed by atoms with Gasteiger partial charge in [0.1, 0.15) is 5.75 Å². The maximum atomic E-state index is 12.6. The summed E-state index contributed by atoms with van der Waals surface area (Å²) in [7, 11) is 1.65. The van der Waals surface area contributed by atoms with Gasteiger partial charge in [-0.05, 0) is 37.6 Å². The predicted octanol–water partition coefficient (Wildman–Crippen LogP) is 3.33. The van der Waals surface area contributed by atoms with Crippen LogP contribution in [0.2, 0.25) is 0 Å². The topological polar surface area (TPSA) is 50.8 Å². The van der Waals surface area contributed by atoms with Crippen molar-refractivity contribution in [1.82, 2.24) is 10.2 Å². The van der Waals surface area contributed by atoms with Crippen molar-refractivity contribution in [2.75, 3.05) is 33.4 Å². The Morgan fingerprint density at radius 2 is 1.89 bits per heavy atom. The van der Waals surface area contributed by atoms with Crippen molar-refractivity contribution in [3.05, 3.63) is 64.7 Å². The Morgan fingerprint density at radius 1 is 1.19 bits per heavy atom. The van der Waals surface area contributed by atoms with E-state index in [1.165, 1.54) is 5.56 Å². The third-order valence-corrected chi connectivity index (χ3v) is 4.93. The van der Waals surface area contributed by atoms with Gasteiger partial charge >= 0.3 is 0 Å². The number of amides is 1. The van der Waals surface area contributed by atoms with Gasteiger partial charge in [-0.3, -0.25) is 9.69 Å². The van der Waals surface area contributed by atoms with Crippen LogP contribution in [0, 0.1) is 6.92 Å². The van der Waals surface area contributed by atoms with Gasteiger partial charge in [-0.1, -0.05) is 29.8 Å². The molecule has 3 rings (SSSR count). The second kappa shape index (κ2) is 9.02. The fourth-order valence-electron chi connectivity index (χ4n) is 3.33. The molecule has 2 aromatic carbocycles. The minimum atomic E-state index is -0.139. The van der Waals surface area contributed by atoms with Crippen LogP contribution in [0.5, 0.6) is 5.75 Å². The normalized spacial score (nSPS) is 16.0. The van der Waals surface area contributed by atoms with Crippen LogP contribution in [0.15, 0.2) is 42.5 Å².